The Morgan fingerprint density at radius 2 is 2.10 bits per heavy atom. The summed E-state index contributed by atoms with van der Waals surface area (Å²) in [4.78, 5) is 10.2. The van der Waals surface area contributed by atoms with E-state index < -0.39 is 10.5 Å². The third-order valence-corrected chi connectivity index (χ3v) is 3.97. The number of benzene rings is 1. The Labute approximate surface area is 124 Å². The van der Waals surface area contributed by atoms with Gasteiger partial charge < -0.3 is 5.11 Å². The van der Waals surface area contributed by atoms with Crippen LogP contribution in [0, 0.1) is 27.9 Å². The van der Waals surface area contributed by atoms with Gasteiger partial charge in [-0.1, -0.05) is 30.4 Å². The van der Waals surface area contributed by atoms with Gasteiger partial charge in [0.25, 0.3) is 5.69 Å². The quantitative estimate of drug-likeness (QED) is 0.392. The maximum absolute atomic E-state index is 10.8. The minimum Gasteiger partial charge on any atom is -0.377 e. The van der Waals surface area contributed by atoms with Gasteiger partial charge in [0.15, 0.2) is 0 Å². The second-order valence-corrected chi connectivity index (χ2v) is 5.62. The first kappa shape index (κ1) is 15.3. The molecule has 110 valence electrons. The number of nitrogens with zero attached hydrogens (tertiary/aromatic N) is 1. The summed E-state index contributed by atoms with van der Waals surface area (Å²) in [6.45, 7) is 5.88. The first-order chi connectivity index (χ1) is 9.92. The average molecular weight is 285 g/mol. The molecule has 2 rings (SSSR count). The smallest absolute Gasteiger partial charge is 0.269 e. The molecule has 0 amide bonds. The normalized spacial score (nSPS) is 24.8. The van der Waals surface area contributed by atoms with Gasteiger partial charge in [-0.05, 0) is 38.3 Å². The summed E-state index contributed by atoms with van der Waals surface area (Å²) in [5, 5.41) is 21.4. The topological polar surface area (TPSA) is 63.4 Å². The van der Waals surface area contributed by atoms with E-state index in [1.807, 2.05) is 6.92 Å². The monoisotopic (exact) mass is 285 g/mol. The van der Waals surface area contributed by atoms with Gasteiger partial charge in [0.2, 0.25) is 0 Å². The molecule has 1 aromatic rings. The fourth-order valence-electron chi connectivity index (χ4n) is 2.81. The highest BCUT2D eigenvalue weighted by Gasteiger charge is 2.37. The van der Waals surface area contributed by atoms with E-state index in [0.717, 1.165) is 24.8 Å². The van der Waals surface area contributed by atoms with Crippen molar-refractivity contribution in [1.82, 2.24) is 0 Å². The molecule has 0 spiro atoms. The zero-order chi connectivity index (χ0) is 15.5. The molecule has 21 heavy (non-hydrogen) atoms. The molecule has 0 aliphatic heterocycles. The standard InChI is InChI=1S/C17H19NO3/c1-13(2)16-5-3-4-11-17(16,19)12-10-14-6-8-15(9-7-14)18(20)21/h6-9,16,19H,1,3-5,11H2,2H3. The first-order valence-corrected chi connectivity index (χ1v) is 7.08. The lowest BCUT2D eigenvalue weighted by molar-refractivity contribution is -0.384. The molecule has 2 unspecified atom stereocenters. The van der Waals surface area contributed by atoms with Gasteiger partial charge in [0.1, 0.15) is 5.60 Å². The Bertz CT molecular complexity index is 609. The molecule has 1 aromatic carbocycles. The van der Waals surface area contributed by atoms with Crippen molar-refractivity contribution in [1.29, 1.82) is 0 Å². The second kappa shape index (κ2) is 6.11. The van der Waals surface area contributed by atoms with Crippen molar-refractivity contribution >= 4 is 5.69 Å². The van der Waals surface area contributed by atoms with E-state index in [1.54, 1.807) is 12.1 Å². The van der Waals surface area contributed by atoms with Gasteiger partial charge >= 0.3 is 0 Å². The van der Waals surface area contributed by atoms with Crippen LogP contribution in [0.5, 0.6) is 0 Å². The van der Waals surface area contributed by atoms with Crippen molar-refractivity contribution in [2.24, 2.45) is 5.92 Å². The molecule has 0 bridgehead atoms. The number of nitro groups is 1. The van der Waals surface area contributed by atoms with Crippen LogP contribution in [0.4, 0.5) is 5.69 Å². The van der Waals surface area contributed by atoms with Gasteiger partial charge in [-0.15, -0.1) is 0 Å². The molecule has 4 heteroatoms. The van der Waals surface area contributed by atoms with Crippen molar-refractivity contribution in [3.63, 3.8) is 0 Å². The summed E-state index contributed by atoms with van der Waals surface area (Å²) in [6.07, 6.45) is 3.58. The Morgan fingerprint density at radius 1 is 1.43 bits per heavy atom. The van der Waals surface area contributed by atoms with Gasteiger partial charge in [-0.25, -0.2) is 0 Å². The highest BCUT2D eigenvalue weighted by molar-refractivity contribution is 5.42. The van der Waals surface area contributed by atoms with Gasteiger partial charge in [-0.3, -0.25) is 10.1 Å². The van der Waals surface area contributed by atoms with Crippen molar-refractivity contribution in [2.75, 3.05) is 0 Å². The van der Waals surface area contributed by atoms with Crippen LogP contribution < -0.4 is 0 Å². The molecule has 1 fully saturated rings. The van der Waals surface area contributed by atoms with E-state index in [4.69, 9.17) is 0 Å². The van der Waals surface area contributed by atoms with Crippen LogP contribution in [-0.4, -0.2) is 15.6 Å². The zero-order valence-corrected chi connectivity index (χ0v) is 12.1. The Morgan fingerprint density at radius 3 is 2.67 bits per heavy atom. The fourth-order valence-corrected chi connectivity index (χ4v) is 2.81. The minimum absolute atomic E-state index is 0.00296. The maximum atomic E-state index is 10.8. The summed E-state index contributed by atoms with van der Waals surface area (Å²) in [5.41, 5.74) is 0.623. The number of non-ortho nitro benzene ring substituents is 1. The molecule has 0 aromatic heterocycles. The lowest BCUT2D eigenvalue weighted by atomic mass is 9.72. The molecular formula is C17H19NO3. The third kappa shape index (κ3) is 3.50. The van der Waals surface area contributed by atoms with Gasteiger partial charge in [0.05, 0.1) is 4.92 Å². The molecule has 0 saturated heterocycles. The van der Waals surface area contributed by atoms with Gasteiger partial charge in [0, 0.05) is 23.6 Å². The van der Waals surface area contributed by atoms with E-state index in [0.29, 0.717) is 12.0 Å². The van der Waals surface area contributed by atoms with Crippen LogP contribution in [0.3, 0.4) is 0 Å². The molecule has 1 saturated carbocycles. The summed E-state index contributed by atoms with van der Waals surface area (Å²) >= 11 is 0. The lowest BCUT2D eigenvalue weighted by Gasteiger charge is -2.36. The Kier molecular flexibility index (Phi) is 4.44. The van der Waals surface area contributed by atoms with Gasteiger partial charge in [-0.2, -0.15) is 0 Å². The zero-order valence-electron chi connectivity index (χ0n) is 12.1. The summed E-state index contributed by atoms with van der Waals surface area (Å²) in [7, 11) is 0. The highest BCUT2D eigenvalue weighted by Crippen LogP contribution is 2.37. The van der Waals surface area contributed by atoms with Crippen LogP contribution in [0.1, 0.15) is 38.2 Å². The van der Waals surface area contributed by atoms with Crippen LogP contribution in [0.15, 0.2) is 36.4 Å². The minimum atomic E-state index is -1.04. The van der Waals surface area contributed by atoms with Crippen LogP contribution in [0.25, 0.3) is 0 Å². The number of hydrogen-bond donors (Lipinski definition) is 1. The SMILES string of the molecule is C=C(C)C1CCCCC1(O)C#Cc1ccc([N+](=O)[O-])cc1. The molecule has 4 nitrogen and oxygen atoms in total. The summed E-state index contributed by atoms with van der Waals surface area (Å²) in [6, 6.07) is 6.05. The molecule has 1 aliphatic rings. The van der Waals surface area contributed by atoms with Crippen molar-refractivity contribution < 1.29 is 10.0 Å². The molecule has 1 aliphatic carbocycles. The summed E-state index contributed by atoms with van der Waals surface area (Å²) in [5.74, 6) is 5.91. The van der Waals surface area contributed by atoms with Crippen molar-refractivity contribution in [3.8, 4) is 11.8 Å². The van der Waals surface area contributed by atoms with Crippen LogP contribution in [0.2, 0.25) is 0 Å². The predicted octanol–water partition coefficient (Wildman–Crippen LogP) is 3.44. The van der Waals surface area contributed by atoms with E-state index in [9.17, 15) is 15.2 Å². The van der Waals surface area contributed by atoms with Crippen molar-refractivity contribution in [3.05, 3.63) is 52.1 Å². The van der Waals surface area contributed by atoms with Crippen LogP contribution >= 0.6 is 0 Å². The molecule has 0 radical (unpaired) electrons. The highest BCUT2D eigenvalue weighted by atomic mass is 16.6. The average Bonchev–Trinajstić information content (AvgIpc) is 2.46. The number of hydrogen-bond acceptors (Lipinski definition) is 3. The molecular weight excluding hydrogens is 266 g/mol. The second-order valence-electron chi connectivity index (χ2n) is 5.62. The van der Waals surface area contributed by atoms with E-state index in [2.05, 4.69) is 18.4 Å². The number of aliphatic hydroxyl groups is 1. The Hall–Kier alpha value is -2.12. The number of rotatable bonds is 2. The third-order valence-electron chi connectivity index (χ3n) is 3.97. The van der Waals surface area contributed by atoms with E-state index in [-0.39, 0.29) is 11.6 Å². The van der Waals surface area contributed by atoms with E-state index >= 15 is 0 Å². The largest absolute Gasteiger partial charge is 0.377 e. The van der Waals surface area contributed by atoms with Crippen LogP contribution in [-0.2, 0) is 0 Å². The molecule has 1 N–H and O–H groups in total. The molecule has 2 atom stereocenters. The number of nitro benzene ring substituents is 1. The van der Waals surface area contributed by atoms with Crippen molar-refractivity contribution in [2.45, 2.75) is 38.2 Å². The maximum Gasteiger partial charge on any atom is 0.269 e. The molecule has 0 heterocycles. The Balaban J connectivity index is 2.23. The van der Waals surface area contributed by atoms with E-state index in [1.165, 1.54) is 12.1 Å². The fraction of sp³-hybridized carbons (Fsp3) is 0.412. The summed E-state index contributed by atoms with van der Waals surface area (Å²) < 4.78 is 0. The first-order valence-electron chi connectivity index (χ1n) is 7.08. The lowest BCUT2D eigenvalue weighted by Crippen LogP contribution is -2.39. The predicted molar refractivity (Wildman–Crippen MR) is 81.7 cm³/mol.